The minimum absolute atomic E-state index is 0.730. The van der Waals surface area contributed by atoms with Crippen LogP contribution in [0.25, 0.3) is 0 Å². The molecule has 2 aliphatic heterocycles. The first-order chi connectivity index (χ1) is 17.1. The van der Waals surface area contributed by atoms with Crippen molar-refractivity contribution in [3.05, 3.63) is 0 Å². The zero-order valence-corrected chi connectivity index (χ0v) is 20.1. The number of carboxylic acids is 2. The Morgan fingerprint density at radius 3 is 1.62 bits per heavy atom. The molecule has 37 heavy (non-hydrogen) atoms. The molecule has 0 radical (unpaired) electrons. The molecule has 0 aliphatic carbocycles. The second kappa shape index (κ2) is 12.2. The zero-order chi connectivity index (χ0) is 28.2. The molecule has 0 spiro atoms. The summed E-state index contributed by atoms with van der Waals surface area (Å²) in [4.78, 5) is 70.7. The molecule has 2 heterocycles. The van der Waals surface area contributed by atoms with Crippen LogP contribution in [0.4, 0.5) is 0 Å². The van der Waals surface area contributed by atoms with E-state index < -0.39 is 97.0 Å². The molecule has 2 aliphatic rings. The van der Waals surface area contributed by atoms with Gasteiger partial charge < -0.3 is 54.7 Å². The van der Waals surface area contributed by atoms with Gasteiger partial charge in [-0.2, -0.15) is 0 Å². The van der Waals surface area contributed by atoms with Gasteiger partial charge in [-0.15, -0.1) is 0 Å². The zero-order valence-electron chi connectivity index (χ0n) is 20.1. The Morgan fingerprint density at radius 2 is 1.16 bits per heavy atom. The average Bonchev–Trinajstić information content (AvgIpc) is 2.74. The van der Waals surface area contributed by atoms with E-state index in [4.69, 9.17) is 23.7 Å². The highest BCUT2D eigenvalue weighted by Gasteiger charge is 2.56. The van der Waals surface area contributed by atoms with Gasteiger partial charge in [-0.3, -0.25) is 19.2 Å². The maximum absolute atomic E-state index is 11.9. The van der Waals surface area contributed by atoms with Crippen molar-refractivity contribution in [2.24, 2.45) is 0 Å². The summed E-state index contributed by atoms with van der Waals surface area (Å²) in [6.45, 7) is 3.98. The normalized spacial score (nSPS) is 35.5. The summed E-state index contributed by atoms with van der Waals surface area (Å²) in [6.07, 6.45) is -15.5. The van der Waals surface area contributed by atoms with Crippen LogP contribution in [-0.4, -0.2) is 117 Å². The van der Waals surface area contributed by atoms with Crippen LogP contribution in [-0.2, 0) is 52.5 Å². The van der Waals surface area contributed by atoms with E-state index in [1.54, 1.807) is 0 Å². The summed E-state index contributed by atoms with van der Waals surface area (Å²) in [7, 11) is 0. The first-order valence-corrected chi connectivity index (χ1v) is 10.8. The second-order valence-electron chi connectivity index (χ2n) is 8.24. The summed E-state index contributed by atoms with van der Waals surface area (Å²) in [5, 5.41) is 44.5. The number of aliphatic hydroxyl groups excluding tert-OH is 2. The molecular weight excluding hydrogens is 508 g/mol. The van der Waals surface area contributed by atoms with Gasteiger partial charge in [-0.25, -0.2) is 9.59 Å². The van der Waals surface area contributed by atoms with E-state index in [1.165, 1.54) is 0 Å². The molecule has 10 atom stereocenters. The van der Waals surface area contributed by atoms with Crippen LogP contribution in [0.1, 0.15) is 27.7 Å². The molecule has 0 unspecified atom stereocenters. The molecular formula is C20H28N2O15. The largest absolute Gasteiger partial charge is 0.479 e. The Morgan fingerprint density at radius 1 is 0.676 bits per heavy atom. The van der Waals surface area contributed by atoms with Crippen LogP contribution in [0, 0.1) is 0 Å². The lowest BCUT2D eigenvalue weighted by molar-refractivity contribution is -0.320. The Hall–Kier alpha value is -3.38. The quantitative estimate of drug-likeness (QED) is 0.163. The van der Waals surface area contributed by atoms with E-state index in [1.807, 2.05) is 0 Å². The Labute approximate surface area is 208 Å². The Kier molecular flexibility index (Phi) is 9.87. The molecule has 0 aromatic heterocycles. The number of nitrogens with one attached hydrogen (secondary N) is 2. The number of carboxylic acid groups (broad SMARTS) is 2. The topological polar surface area (TPSA) is 254 Å². The third-order valence-electron chi connectivity index (χ3n) is 5.27. The molecule has 0 bridgehead atoms. The average molecular weight is 536 g/mol. The van der Waals surface area contributed by atoms with E-state index in [0.717, 1.165) is 27.7 Å². The third-order valence-corrected chi connectivity index (χ3v) is 5.27. The lowest BCUT2D eigenvalue weighted by Crippen LogP contribution is -2.70. The lowest BCUT2D eigenvalue weighted by Gasteiger charge is -2.47. The summed E-state index contributed by atoms with van der Waals surface area (Å²) in [5.74, 6) is -6.89. The number of amides is 2. The van der Waals surface area contributed by atoms with Crippen molar-refractivity contribution in [2.45, 2.75) is 89.0 Å². The van der Waals surface area contributed by atoms with Crippen LogP contribution >= 0.6 is 0 Å². The van der Waals surface area contributed by atoms with E-state index in [9.17, 15) is 49.2 Å². The molecule has 0 aromatic carbocycles. The van der Waals surface area contributed by atoms with Gasteiger partial charge in [-0.1, -0.05) is 0 Å². The highest BCUT2D eigenvalue weighted by Crippen LogP contribution is 2.31. The van der Waals surface area contributed by atoms with Crippen LogP contribution in [0.3, 0.4) is 0 Å². The van der Waals surface area contributed by atoms with E-state index in [-0.39, 0.29) is 0 Å². The van der Waals surface area contributed by atoms with E-state index >= 15 is 0 Å². The number of carbonyl (C=O) groups excluding carboxylic acids is 4. The van der Waals surface area contributed by atoms with Gasteiger partial charge in [-0.05, 0) is 0 Å². The molecule has 0 aromatic rings. The van der Waals surface area contributed by atoms with Gasteiger partial charge in [0.1, 0.15) is 24.3 Å². The number of ether oxygens (including phenoxy) is 5. The van der Waals surface area contributed by atoms with Crippen molar-refractivity contribution in [3.63, 3.8) is 0 Å². The molecule has 17 nitrogen and oxygen atoms in total. The smallest absolute Gasteiger partial charge is 0.335 e. The fourth-order valence-electron chi connectivity index (χ4n) is 3.96. The highest BCUT2D eigenvalue weighted by molar-refractivity contribution is 5.76. The van der Waals surface area contributed by atoms with E-state index in [2.05, 4.69) is 10.6 Å². The predicted octanol–water partition coefficient (Wildman–Crippen LogP) is -3.78. The van der Waals surface area contributed by atoms with Gasteiger partial charge in [0.2, 0.25) is 11.8 Å². The monoisotopic (exact) mass is 536 g/mol. The number of hydrogen-bond donors (Lipinski definition) is 6. The summed E-state index contributed by atoms with van der Waals surface area (Å²) in [6, 6.07) is -3.17. The first-order valence-electron chi connectivity index (χ1n) is 10.8. The van der Waals surface area contributed by atoms with Crippen LogP contribution < -0.4 is 10.6 Å². The van der Waals surface area contributed by atoms with Crippen molar-refractivity contribution in [3.8, 4) is 0 Å². The maximum atomic E-state index is 11.9. The molecule has 17 heteroatoms. The summed E-state index contributed by atoms with van der Waals surface area (Å²) < 4.78 is 26.2. The molecule has 208 valence electrons. The van der Waals surface area contributed by atoms with Gasteiger partial charge in [0.15, 0.2) is 37.0 Å². The van der Waals surface area contributed by atoms with E-state index in [0.29, 0.717) is 0 Å². The molecule has 2 saturated heterocycles. The Balaban J connectivity index is 2.58. The molecule has 2 rings (SSSR count). The molecule has 0 saturated carbocycles. The summed E-state index contributed by atoms with van der Waals surface area (Å²) >= 11 is 0. The number of rotatable bonds is 8. The molecule has 6 N–H and O–H groups in total. The fraction of sp³-hybridized carbons (Fsp3) is 0.700. The SMILES string of the molecule is CC(=O)N[C@@H]1[C@@H](OC(C)=O)[C@@H](O[C@H]2O[C@H](C(=O)O)[C@H](O)[C@H](OC(C)=O)[C@H]2NC(C)=O)[C@@H](C(=O)O)O[C@@H]1O. The lowest BCUT2D eigenvalue weighted by atomic mass is 9.94. The van der Waals surface area contributed by atoms with Gasteiger partial charge in [0.25, 0.3) is 0 Å². The van der Waals surface area contributed by atoms with Crippen molar-refractivity contribution < 1.29 is 72.9 Å². The van der Waals surface area contributed by atoms with Crippen LogP contribution in [0.15, 0.2) is 0 Å². The second-order valence-corrected chi connectivity index (χ2v) is 8.24. The van der Waals surface area contributed by atoms with Crippen molar-refractivity contribution in [2.75, 3.05) is 0 Å². The van der Waals surface area contributed by atoms with Gasteiger partial charge in [0, 0.05) is 27.7 Å². The number of aliphatic carboxylic acids is 2. The van der Waals surface area contributed by atoms with Crippen LogP contribution in [0.5, 0.6) is 0 Å². The predicted molar refractivity (Wildman–Crippen MR) is 112 cm³/mol. The minimum atomic E-state index is -2.09. The van der Waals surface area contributed by atoms with Gasteiger partial charge >= 0.3 is 23.9 Å². The minimum Gasteiger partial charge on any atom is -0.479 e. The number of esters is 2. The maximum Gasteiger partial charge on any atom is 0.335 e. The number of aliphatic hydroxyl groups is 2. The highest BCUT2D eigenvalue weighted by atomic mass is 16.7. The van der Waals surface area contributed by atoms with Crippen molar-refractivity contribution in [1.82, 2.24) is 10.6 Å². The van der Waals surface area contributed by atoms with Crippen molar-refractivity contribution >= 4 is 35.7 Å². The van der Waals surface area contributed by atoms with Crippen molar-refractivity contribution in [1.29, 1.82) is 0 Å². The fourth-order valence-corrected chi connectivity index (χ4v) is 3.96. The van der Waals surface area contributed by atoms with Gasteiger partial charge in [0.05, 0.1) is 0 Å². The standard InChI is InChI=1S/C20H28N2O15/c1-5(23)21-9-13(34-8(4)26)15(16(18(30)31)35-19(9)32)37-20-10(22-6(2)24)12(33-7(3)25)11(27)14(36-20)17(28)29/h9-16,19-20,27,32H,1-4H3,(H,21,23)(H,22,24)(H,28,29)(H,30,31)/t9-,10-,11-,12-,13-,14+,15-,16+,19+,20-/m1/s1. The molecule has 2 fully saturated rings. The first kappa shape index (κ1) is 29.8. The number of hydrogen-bond acceptors (Lipinski definition) is 13. The number of carbonyl (C=O) groups is 6. The third kappa shape index (κ3) is 7.32. The Bertz CT molecular complexity index is 925. The van der Waals surface area contributed by atoms with Crippen LogP contribution in [0.2, 0.25) is 0 Å². The molecule has 2 amide bonds. The summed E-state index contributed by atoms with van der Waals surface area (Å²) in [5.41, 5.74) is 0.